The van der Waals surface area contributed by atoms with Crippen LogP contribution in [0.2, 0.25) is 0 Å². The fraction of sp³-hybridized carbons (Fsp3) is 0.750. The molecule has 0 aromatic rings. The van der Waals surface area contributed by atoms with E-state index in [4.69, 9.17) is 0 Å². The molecule has 0 heterocycles. The Morgan fingerprint density at radius 3 is 2.53 bits per heavy atom. The summed E-state index contributed by atoms with van der Waals surface area (Å²) in [5.74, 6) is -1.79. The highest BCUT2D eigenvalue weighted by Gasteiger charge is 2.33. The van der Waals surface area contributed by atoms with Crippen molar-refractivity contribution < 1.29 is 29.0 Å². The molecule has 0 bridgehead atoms. The molecule has 0 aromatic carbocycles. The molecular weight excluding hydrogens is 384 g/mol. The van der Waals surface area contributed by atoms with Crippen LogP contribution in [0, 0.1) is 17.8 Å². The molecule has 30 heavy (non-hydrogen) atoms. The summed E-state index contributed by atoms with van der Waals surface area (Å²) in [6.45, 7) is 6.07. The van der Waals surface area contributed by atoms with Crippen LogP contribution in [0.3, 0.4) is 0 Å². The lowest BCUT2D eigenvalue weighted by Crippen LogP contribution is -2.35. The van der Waals surface area contributed by atoms with E-state index >= 15 is 0 Å². The minimum atomic E-state index is -2.08. The Morgan fingerprint density at radius 2 is 1.87 bits per heavy atom. The minimum Gasteiger partial charge on any atom is -0.464 e. The van der Waals surface area contributed by atoms with Gasteiger partial charge in [-0.05, 0) is 50.5 Å². The normalized spacial score (nSPS) is 21.0. The van der Waals surface area contributed by atoms with E-state index in [0.717, 1.165) is 31.3 Å². The van der Waals surface area contributed by atoms with Crippen molar-refractivity contribution in [2.45, 2.75) is 91.1 Å². The summed E-state index contributed by atoms with van der Waals surface area (Å²) in [6.07, 6.45) is 10.5. The van der Waals surface area contributed by atoms with Crippen molar-refractivity contribution in [3.8, 4) is 0 Å². The zero-order chi connectivity index (χ0) is 22.5. The maximum Gasteiger partial charge on any atom is 0.343 e. The monoisotopic (exact) mass is 422 g/mol. The number of hydrogen-bond donors (Lipinski definition) is 1. The average Bonchev–Trinajstić information content (AvgIpc) is 3.07. The van der Waals surface area contributed by atoms with Crippen molar-refractivity contribution in [3.05, 3.63) is 12.2 Å². The Balaban J connectivity index is 2.41. The summed E-state index contributed by atoms with van der Waals surface area (Å²) in [5.41, 5.74) is 0. The van der Waals surface area contributed by atoms with E-state index in [2.05, 4.69) is 18.6 Å². The van der Waals surface area contributed by atoms with Gasteiger partial charge in [0.15, 0.2) is 0 Å². The zero-order valence-electron chi connectivity index (χ0n) is 18.7. The Labute approximate surface area is 180 Å². The Morgan fingerprint density at radius 1 is 1.17 bits per heavy atom. The molecule has 170 valence electrons. The van der Waals surface area contributed by atoms with E-state index in [9.17, 15) is 24.3 Å². The largest absolute Gasteiger partial charge is 0.464 e. The van der Waals surface area contributed by atoms with Gasteiger partial charge in [0, 0.05) is 12.3 Å². The topological polar surface area (TPSA) is 97.7 Å². The highest BCUT2D eigenvalue weighted by atomic mass is 16.5. The molecule has 0 saturated heterocycles. The van der Waals surface area contributed by atoms with E-state index < -0.39 is 23.6 Å². The quantitative estimate of drug-likeness (QED) is 0.186. The second-order valence-corrected chi connectivity index (χ2v) is 8.41. The number of rotatable bonds is 15. The molecule has 1 N–H and O–H groups in total. The van der Waals surface area contributed by atoms with Gasteiger partial charge in [-0.25, -0.2) is 4.79 Å². The minimum absolute atomic E-state index is 0.0153. The molecule has 6 heteroatoms. The van der Waals surface area contributed by atoms with E-state index in [1.165, 1.54) is 25.7 Å². The second-order valence-electron chi connectivity index (χ2n) is 8.41. The lowest BCUT2D eigenvalue weighted by molar-refractivity contribution is -0.159. The maximum absolute atomic E-state index is 12.3. The summed E-state index contributed by atoms with van der Waals surface area (Å²) in [7, 11) is 0. The van der Waals surface area contributed by atoms with Crippen LogP contribution in [0.4, 0.5) is 0 Å². The smallest absolute Gasteiger partial charge is 0.343 e. The summed E-state index contributed by atoms with van der Waals surface area (Å²) in [5, 5.41) is 9.53. The first kappa shape index (κ1) is 26.2. The molecular formula is C24H38O6. The van der Waals surface area contributed by atoms with Crippen LogP contribution in [0.15, 0.2) is 12.2 Å². The predicted molar refractivity (Wildman–Crippen MR) is 115 cm³/mol. The Hall–Kier alpha value is -1.82. The SMILES string of the molecule is CCCC[C@@H](C)CCC[C@H]1CCC(=O)[C@@H]1CCC=CC(=O)C(=O)C(O)C(=O)OCC. The molecule has 0 amide bonds. The third-order valence-electron chi connectivity index (χ3n) is 5.98. The zero-order valence-corrected chi connectivity index (χ0v) is 18.7. The number of esters is 1. The number of Topliss-reactive ketones (excluding diaryl/α,β-unsaturated/α-hetero) is 2. The molecule has 0 aliphatic heterocycles. The van der Waals surface area contributed by atoms with Gasteiger partial charge < -0.3 is 9.84 Å². The number of carbonyl (C=O) groups is 4. The van der Waals surface area contributed by atoms with E-state index in [0.29, 0.717) is 31.0 Å². The number of carbonyl (C=O) groups excluding carboxylic acids is 4. The van der Waals surface area contributed by atoms with Crippen LogP contribution in [-0.4, -0.2) is 41.1 Å². The average molecular weight is 423 g/mol. The first-order valence-corrected chi connectivity index (χ1v) is 11.4. The summed E-state index contributed by atoms with van der Waals surface area (Å²) in [4.78, 5) is 47.2. The standard InChI is InChI=1S/C24H38O6/c1-4-6-10-17(3)11-9-12-18-15-16-20(25)19(18)13-7-8-14-21(26)22(27)23(28)24(29)30-5-2/h8,14,17-19,23,28H,4-7,9-13,15-16H2,1-3H3/t17-,18+,19-,23?/m1/s1. The number of hydrogen-bond acceptors (Lipinski definition) is 6. The van der Waals surface area contributed by atoms with Crippen LogP contribution in [-0.2, 0) is 23.9 Å². The summed E-state index contributed by atoms with van der Waals surface area (Å²) < 4.78 is 4.53. The molecule has 0 radical (unpaired) electrons. The molecule has 1 saturated carbocycles. The summed E-state index contributed by atoms with van der Waals surface area (Å²) >= 11 is 0. The van der Waals surface area contributed by atoms with E-state index in [1.54, 1.807) is 13.0 Å². The third kappa shape index (κ3) is 8.90. The number of allylic oxidation sites excluding steroid dienone is 2. The second kappa shape index (κ2) is 14.2. The van der Waals surface area contributed by atoms with Crippen LogP contribution in [0.1, 0.15) is 85.0 Å². The molecule has 1 aliphatic rings. The van der Waals surface area contributed by atoms with Crippen LogP contribution >= 0.6 is 0 Å². The molecule has 1 rings (SSSR count). The van der Waals surface area contributed by atoms with Gasteiger partial charge >= 0.3 is 5.97 Å². The first-order valence-electron chi connectivity index (χ1n) is 11.4. The van der Waals surface area contributed by atoms with Crippen molar-refractivity contribution in [1.29, 1.82) is 0 Å². The number of ketones is 3. The lowest BCUT2D eigenvalue weighted by atomic mass is 9.86. The van der Waals surface area contributed by atoms with Crippen molar-refractivity contribution in [2.24, 2.45) is 17.8 Å². The van der Waals surface area contributed by atoms with Crippen LogP contribution in [0.5, 0.6) is 0 Å². The van der Waals surface area contributed by atoms with Gasteiger partial charge in [0.2, 0.25) is 17.7 Å². The number of unbranched alkanes of at least 4 members (excludes halogenated alkanes) is 1. The predicted octanol–water partition coefficient (Wildman–Crippen LogP) is 3.98. The van der Waals surface area contributed by atoms with Gasteiger partial charge in [0.25, 0.3) is 0 Å². The Kier molecular flexibility index (Phi) is 12.4. The van der Waals surface area contributed by atoms with Gasteiger partial charge in [-0.15, -0.1) is 0 Å². The number of aliphatic hydroxyl groups is 1. The van der Waals surface area contributed by atoms with Crippen LogP contribution < -0.4 is 0 Å². The van der Waals surface area contributed by atoms with Gasteiger partial charge in [0.1, 0.15) is 5.78 Å². The van der Waals surface area contributed by atoms with Gasteiger partial charge in [-0.1, -0.05) is 52.0 Å². The molecule has 1 fully saturated rings. The van der Waals surface area contributed by atoms with E-state index in [1.807, 2.05) is 0 Å². The van der Waals surface area contributed by atoms with Gasteiger partial charge in [-0.3, -0.25) is 14.4 Å². The number of aliphatic hydroxyl groups excluding tert-OH is 1. The summed E-state index contributed by atoms with van der Waals surface area (Å²) in [6, 6.07) is 0. The molecule has 4 atom stereocenters. The number of ether oxygens (including phenoxy) is 1. The highest BCUT2D eigenvalue weighted by molar-refractivity contribution is 6.45. The molecule has 0 aromatic heterocycles. The molecule has 0 spiro atoms. The molecule has 6 nitrogen and oxygen atoms in total. The fourth-order valence-corrected chi connectivity index (χ4v) is 4.16. The van der Waals surface area contributed by atoms with Crippen LogP contribution in [0.25, 0.3) is 0 Å². The van der Waals surface area contributed by atoms with Crippen molar-refractivity contribution in [2.75, 3.05) is 6.61 Å². The lowest BCUT2D eigenvalue weighted by Gasteiger charge is -2.19. The van der Waals surface area contributed by atoms with Gasteiger partial charge in [-0.2, -0.15) is 0 Å². The third-order valence-corrected chi connectivity index (χ3v) is 5.98. The van der Waals surface area contributed by atoms with Crippen molar-refractivity contribution >= 4 is 23.3 Å². The van der Waals surface area contributed by atoms with Gasteiger partial charge in [0.05, 0.1) is 6.61 Å². The molecule has 1 aliphatic carbocycles. The highest BCUT2D eigenvalue weighted by Crippen LogP contribution is 2.36. The Bertz CT molecular complexity index is 609. The maximum atomic E-state index is 12.3. The fourth-order valence-electron chi connectivity index (χ4n) is 4.16. The molecule has 1 unspecified atom stereocenters. The van der Waals surface area contributed by atoms with Crippen molar-refractivity contribution in [3.63, 3.8) is 0 Å². The van der Waals surface area contributed by atoms with Crippen molar-refractivity contribution in [1.82, 2.24) is 0 Å². The van der Waals surface area contributed by atoms with E-state index in [-0.39, 0.29) is 12.5 Å². The first-order chi connectivity index (χ1) is 14.3.